The zero-order chi connectivity index (χ0) is 15.5. The maximum absolute atomic E-state index is 12.7. The van der Waals surface area contributed by atoms with E-state index < -0.39 is 11.9 Å². The van der Waals surface area contributed by atoms with Crippen molar-refractivity contribution in [3.63, 3.8) is 0 Å². The van der Waals surface area contributed by atoms with Gasteiger partial charge in [0.2, 0.25) is 0 Å². The largest absolute Gasteiger partial charge is 0.433 e. The lowest BCUT2D eigenvalue weighted by Crippen LogP contribution is -2.23. The first-order valence-corrected chi connectivity index (χ1v) is 6.11. The van der Waals surface area contributed by atoms with Crippen LogP contribution >= 0.6 is 0 Å². The van der Waals surface area contributed by atoms with E-state index in [1.165, 1.54) is 0 Å². The number of nitrogens with zero attached hydrogens (tertiary/aromatic N) is 4. The van der Waals surface area contributed by atoms with Gasteiger partial charge in [0.25, 0.3) is 0 Å². The van der Waals surface area contributed by atoms with Gasteiger partial charge in [-0.1, -0.05) is 0 Å². The second-order valence-corrected chi connectivity index (χ2v) is 4.51. The average molecular weight is 295 g/mol. The van der Waals surface area contributed by atoms with Gasteiger partial charge in [-0.3, -0.25) is 0 Å². The van der Waals surface area contributed by atoms with Crippen molar-refractivity contribution in [2.24, 2.45) is 0 Å². The third-order valence-electron chi connectivity index (χ3n) is 2.73. The zero-order valence-corrected chi connectivity index (χ0v) is 11.1. The summed E-state index contributed by atoms with van der Waals surface area (Å²) >= 11 is 0. The molecule has 0 fully saturated rings. The Bertz CT molecular complexity index is 643. The lowest BCUT2D eigenvalue weighted by molar-refractivity contribution is -0.141. The minimum absolute atomic E-state index is 0.0695. The van der Waals surface area contributed by atoms with Crippen LogP contribution in [0.25, 0.3) is 0 Å². The number of alkyl halides is 3. The normalized spacial score (nSPS) is 12.7. The van der Waals surface area contributed by atoms with Crippen molar-refractivity contribution in [3.05, 3.63) is 42.1 Å². The molecule has 21 heavy (non-hydrogen) atoms. The lowest BCUT2D eigenvalue weighted by atomic mass is 10.2. The van der Waals surface area contributed by atoms with Crippen LogP contribution in [0.2, 0.25) is 0 Å². The quantitative estimate of drug-likeness (QED) is 0.941. The van der Waals surface area contributed by atoms with Crippen LogP contribution in [0.4, 0.5) is 19.0 Å². The minimum Gasteiger partial charge on any atom is -0.365 e. The van der Waals surface area contributed by atoms with Gasteiger partial charge in [0.1, 0.15) is 17.6 Å². The molecule has 0 spiro atoms. The Morgan fingerprint density at radius 3 is 2.76 bits per heavy atom. The summed E-state index contributed by atoms with van der Waals surface area (Å²) in [4.78, 5) is 7.38. The highest BCUT2D eigenvalue weighted by molar-refractivity contribution is 5.53. The molecular formula is C13H12F3N5. The van der Waals surface area contributed by atoms with Crippen molar-refractivity contribution in [3.8, 4) is 6.07 Å². The van der Waals surface area contributed by atoms with Crippen LogP contribution in [-0.4, -0.2) is 20.6 Å². The summed E-state index contributed by atoms with van der Waals surface area (Å²) in [5, 5.41) is 11.8. The molecule has 0 saturated carbocycles. The summed E-state index contributed by atoms with van der Waals surface area (Å²) in [7, 11) is 0. The van der Waals surface area contributed by atoms with Gasteiger partial charge >= 0.3 is 6.18 Å². The monoisotopic (exact) mass is 295 g/mol. The summed E-state index contributed by atoms with van der Waals surface area (Å²) in [6.45, 7) is 2.27. The van der Waals surface area contributed by atoms with Crippen LogP contribution in [0.5, 0.6) is 0 Å². The highest BCUT2D eigenvalue weighted by Crippen LogP contribution is 2.29. The number of hydrogen-bond acceptors (Lipinski definition) is 4. The molecule has 2 rings (SSSR count). The van der Waals surface area contributed by atoms with Crippen LogP contribution in [0.3, 0.4) is 0 Å². The fourth-order valence-corrected chi connectivity index (χ4v) is 1.81. The van der Waals surface area contributed by atoms with Crippen LogP contribution in [0.15, 0.2) is 30.9 Å². The molecule has 110 valence electrons. The van der Waals surface area contributed by atoms with Crippen molar-refractivity contribution in [2.45, 2.75) is 25.7 Å². The lowest BCUT2D eigenvalue weighted by Gasteiger charge is -2.17. The fraction of sp³-hybridized carbons (Fsp3) is 0.308. The van der Waals surface area contributed by atoms with Crippen molar-refractivity contribution in [1.82, 2.24) is 14.5 Å². The van der Waals surface area contributed by atoms with Crippen LogP contribution in [-0.2, 0) is 12.7 Å². The Hall–Kier alpha value is -2.56. The highest BCUT2D eigenvalue weighted by Gasteiger charge is 2.33. The SMILES string of the molecule is CC(Cn1ccnc1)Nc1nc(C(F)(F)F)ccc1C#N. The van der Waals surface area contributed by atoms with Gasteiger partial charge in [0.05, 0.1) is 11.9 Å². The Kier molecular flexibility index (Phi) is 4.12. The molecule has 0 aromatic carbocycles. The first-order chi connectivity index (χ1) is 9.90. The Morgan fingerprint density at radius 1 is 1.43 bits per heavy atom. The molecule has 1 atom stereocenters. The summed E-state index contributed by atoms with van der Waals surface area (Å²) in [6, 6.07) is 3.52. The molecule has 5 nitrogen and oxygen atoms in total. The van der Waals surface area contributed by atoms with Gasteiger partial charge < -0.3 is 9.88 Å². The maximum Gasteiger partial charge on any atom is 0.433 e. The van der Waals surface area contributed by atoms with Crippen LogP contribution in [0.1, 0.15) is 18.2 Å². The van der Waals surface area contributed by atoms with Crippen molar-refractivity contribution >= 4 is 5.82 Å². The number of rotatable bonds is 4. The fourth-order valence-electron chi connectivity index (χ4n) is 1.81. The number of hydrogen-bond donors (Lipinski definition) is 1. The molecule has 0 bridgehead atoms. The van der Waals surface area contributed by atoms with Crippen molar-refractivity contribution in [1.29, 1.82) is 5.26 Å². The second kappa shape index (κ2) is 5.83. The van der Waals surface area contributed by atoms with E-state index in [-0.39, 0.29) is 17.4 Å². The van der Waals surface area contributed by atoms with Crippen molar-refractivity contribution in [2.75, 3.05) is 5.32 Å². The molecule has 1 N–H and O–H groups in total. The van der Waals surface area contributed by atoms with Gasteiger partial charge in [-0.25, -0.2) is 9.97 Å². The molecular weight excluding hydrogens is 283 g/mol. The molecule has 0 saturated heterocycles. The molecule has 2 heterocycles. The Morgan fingerprint density at radius 2 is 2.19 bits per heavy atom. The number of anilines is 1. The van der Waals surface area contributed by atoms with Gasteiger partial charge in [-0.05, 0) is 19.1 Å². The number of nitriles is 1. The van der Waals surface area contributed by atoms with Crippen LogP contribution < -0.4 is 5.32 Å². The Labute approximate surface area is 119 Å². The average Bonchev–Trinajstić information content (AvgIpc) is 2.90. The van der Waals surface area contributed by atoms with E-state index >= 15 is 0 Å². The maximum atomic E-state index is 12.7. The van der Waals surface area contributed by atoms with E-state index in [2.05, 4.69) is 15.3 Å². The predicted octanol–water partition coefficient (Wildman–Crippen LogP) is 2.67. The first kappa shape index (κ1) is 14.8. The van der Waals surface area contributed by atoms with E-state index in [4.69, 9.17) is 5.26 Å². The summed E-state index contributed by atoms with van der Waals surface area (Å²) in [6.07, 6.45) is 0.403. The summed E-state index contributed by atoms with van der Waals surface area (Å²) < 4.78 is 39.8. The molecule has 2 aromatic heterocycles. The second-order valence-electron chi connectivity index (χ2n) is 4.51. The van der Waals surface area contributed by atoms with E-state index in [0.29, 0.717) is 6.54 Å². The molecule has 0 amide bonds. The summed E-state index contributed by atoms with van der Waals surface area (Å²) in [5.41, 5.74) is -0.959. The third-order valence-corrected chi connectivity index (χ3v) is 2.73. The number of aromatic nitrogens is 3. The number of halogens is 3. The summed E-state index contributed by atoms with van der Waals surface area (Å²) in [5.74, 6) is -0.0695. The van der Waals surface area contributed by atoms with E-state index in [1.807, 2.05) is 6.07 Å². The number of nitrogens with one attached hydrogen (secondary N) is 1. The molecule has 0 aliphatic heterocycles. The van der Waals surface area contributed by atoms with E-state index in [9.17, 15) is 13.2 Å². The molecule has 1 unspecified atom stereocenters. The minimum atomic E-state index is -4.54. The van der Waals surface area contributed by atoms with Gasteiger partial charge in [0.15, 0.2) is 0 Å². The smallest absolute Gasteiger partial charge is 0.365 e. The molecule has 8 heteroatoms. The predicted molar refractivity (Wildman–Crippen MR) is 69.3 cm³/mol. The van der Waals surface area contributed by atoms with Gasteiger partial charge in [-0.2, -0.15) is 18.4 Å². The van der Waals surface area contributed by atoms with Gasteiger partial charge in [-0.15, -0.1) is 0 Å². The molecule has 0 radical (unpaired) electrons. The Balaban J connectivity index is 2.19. The standard InChI is InChI=1S/C13H12F3N5/c1-9(7-21-5-4-18-8-21)19-12-10(6-17)2-3-11(20-12)13(14,15)16/h2-5,8-9H,7H2,1H3,(H,19,20). The number of pyridine rings is 1. The topological polar surface area (TPSA) is 66.5 Å². The number of imidazole rings is 1. The molecule has 2 aromatic rings. The molecule has 0 aliphatic rings. The molecule has 0 aliphatic carbocycles. The van der Waals surface area contributed by atoms with E-state index in [1.54, 1.807) is 30.2 Å². The van der Waals surface area contributed by atoms with Crippen molar-refractivity contribution < 1.29 is 13.2 Å². The third kappa shape index (κ3) is 3.72. The van der Waals surface area contributed by atoms with Gasteiger partial charge in [0, 0.05) is 25.0 Å². The first-order valence-electron chi connectivity index (χ1n) is 6.11. The highest BCUT2D eigenvalue weighted by atomic mass is 19.4. The van der Waals surface area contributed by atoms with Crippen LogP contribution in [0, 0.1) is 11.3 Å². The zero-order valence-electron chi connectivity index (χ0n) is 11.1. The van der Waals surface area contributed by atoms with E-state index in [0.717, 1.165) is 12.1 Å².